The number of carboxylic acid groups (broad SMARTS) is 2. The molecule has 158 valence electrons. The van der Waals surface area contributed by atoms with Crippen LogP contribution < -0.4 is 4.90 Å². The summed E-state index contributed by atoms with van der Waals surface area (Å²) in [6, 6.07) is 5.14. The largest absolute Gasteiger partial charge is 0.490 e. The third kappa shape index (κ3) is 6.98. The zero-order chi connectivity index (χ0) is 21.6. The maximum atomic E-state index is 11.0. The fourth-order valence-electron chi connectivity index (χ4n) is 2.55. The predicted molar refractivity (Wildman–Crippen MR) is 99.2 cm³/mol. The second-order valence-corrected chi connectivity index (χ2v) is 7.42. The number of nitrogens with zero attached hydrogens (tertiary/aromatic N) is 4. The molecule has 0 aromatic carbocycles. The Kier molecular flexibility index (Phi) is 7.51. The van der Waals surface area contributed by atoms with Crippen LogP contribution in [0.1, 0.15) is 20.4 Å². The maximum absolute atomic E-state index is 11.0. The van der Waals surface area contributed by atoms with Gasteiger partial charge in [0.25, 0.3) is 0 Å². The first-order chi connectivity index (χ1) is 13.6. The number of anilines is 1. The topological polar surface area (TPSA) is 107 Å². The van der Waals surface area contributed by atoms with Gasteiger partial charge in [-0.15, -0.1) is 11.3 Å². The summed E-state index contributed by atoms with van der Waals surface area (Å²) in [5, 5.41) is 17.2. The van der Waals surface area contributed by atoms with Gasteiger partial charge in [-0.3, -0.25) is 4.90 Å². The molecule has 1 saturated heterocycles. The molecule has 0 aliphatic carbocycles. The Morgan fingerprint density at radius 3 is 2.28 bits per heavy atom. The number of piperazine rings is 1. The average molecular weight is 432 g/mol. The Morgan fingerprint density at radius 1 is 1.17 bits per heavy atom. The van der Waals surface area contributed by atoms with Crippen molar-refractivity contribution in [3.63, 3.8) is 0 Å². The number of carbonyl (C=O) groups is 2. The van der Waals surface area contributed by atoms with Crippen LogP contribution in [0.25, 0.3) is 0 Å². The molecule has 3 heterocycles. The number of aryl methyl sites for hydroxylation is 1. The number of rotatable bonds is 4. The van der Waals surface area contributed by atoms with Gasteiger partial charge in [-0.25, -0.2) is 19.6 Å². The highest BCUT2D eigenvalue weighted by molar-refractivity contribution is 7.11. The van der Waals surface area contributed by atoms with E-state index >= 15 is 0 Å². The van der Waals surface area contributed by atoms with Gasteiger partial charge in [-0.1, -0.05) is 6.07 Å². The van der Waals surface area contributed by atoms with Crippen LogP contribution in [0.2, 0.25) is 0 Å². The standard InChI is InChI=1S/C15H18N4O2S.C2HF3O2/c1-11-16-9-12(22-11)10-18-5-7-19(8-6-18)14-4-2-3-13(17-14)15(20)21;3-2(4,5)1(6)7/h2-4,9H,5-8,10H2,1H3,(H,20,21);(H,6,7). The van der Waals surface area contributed by atoms with Crippen molar-refractivity contribution in [3.8, 4) is 0 Å². The van der Waals surface area contributed by atoms with Gasteiger partial charge in [0.05, 0.1) is 5.01 Å². The Hall–Kier alpha value is -2.73. The molecule has 2 aromatic heterocycles. The van der Waals surface area contributed by atoms with Crippen LogP contribution >= 0.6 is 11.3 Å². The number of aromatic nitrogens is 2. The SMILES string of the molecule is Cc1ncc(CN2CCN(c3cccc(C(=O)O)n3)CC2)s1.O=C(O)C(F)(F)F. The van der Waals surface area contributed by atoms with E-state index in [2.05, 4.69) is 19.8 Å². The van der Waals surface area contributed by atoms with E-state index in [1.165, 1.54) is 10.9 Å². The molecule has 29 heavy (non-hydrogen) atoms. The number of alkyl halides is 3. The van der Waals surface area contributed by atoms with E-state index in [1.54, 1.807) is 17.4 Å². The number of halogens is 3. The van der Waals surface area contributed by atoms with Crippen LogP contribution in [-0.2, 0) is 11.3 Å². The normalized spacial score (nSPS) is 14.8. The molecule has 0 radical (unpaired) electrons. The van der Waals surface area contributed by atoms with Crippen molar-refractivity contribution in [1.82, 2.24) is 14.9 Å². The van der Waals surface area contributed by atoms with E-state index in [4.69, 9.17) is 15.0 Å². The molecule has 0 amide bonds. The van der Waals surface area contributed by atoms with Gasteiger partial charge in [-0.2, -0.15) is 13.2 Å². The molecule has 1 fully saturated rings. The van der Waals surface area contributed by atoms with Crippen LogP contribution in [0.5, 0.6) is 0 Å². The van der Waals surface area contributed by atoms with Gasteiger partial charge < -0.3 is 15.1 Å². The smallest absolute Gasteiger partial charge is 0.477 e. The lowest BCUT2D eigenvalue weighted by atomic mass is 10.3. The van der Waals surface area contributed by atoms with Crippen molar-refractivity contribution in [3.05, 3.63) is 40.0 Å². The van der Waals surface area contributed by atoms with Gasteiger partial charge in [0.15, 0.2) is 5.69 Å². The van der Waals surface area contributed by atoms with Crippen molar-refractivity contribution in [2.24, 2.45) is 0 Å². The monoisotopic (exact) mass is 432 g/mol. The fraction of sp³-hybridized carbons (Fsp3) is 0.412. The van der Waals surface area contributed by atoms with Crippen LogP contribution in [0.4, 0.5) is 19.0 Å². The summed E-state index contributed by atoms with van der Waals surface area (Å²) in [4.78, 5) is 34.2. The van der Waals surface area contributed by atoms with Crippen LogP contribution in [0.15, 0.2) is 24.4 Å². The minimum atomic E-state index is -5.08. The molecule has 0 unspecified atom stereocenters. The molecule has 1 aliphatic rings. The van der Waals surface area contributed by atoms with E-state index < -0.39 is 18.1 Å². The summed E-state index contributed by atoms with van der Waals surface area (Å²) in [6.07, 6.45) is -3.13. The molecule has 2 aromatic rings. The fourth-order valence-corrected chi connectivity index (χ4v) is 3.39. The third-order valence-electron chi connectivity index (χ3n) is 3.94. The van der Waals surface area contributed by atoms with Crippen molar-refractivity contribution >= 4 is 29.1 Å². The molecule has 3 rings (SSSR count). The Labute approximate surface area is 168 Å². The Balaban J connectivity index is 0.000000370. The predicted octanol–water partition coefficient (Wildman–Crippen LogP) is 2.50. The minimum absolute atomic E-state index is 0.0973. The number of hydrogen-bond acceptors (Lipinski definition) is 7. The van der Waals surface area contributed by atoms with E-state index in [-0.39, 0.29) is 5.69 Å². The highest BCUT2D eigenvalue weighted by Gasteiger charge is 2.38. The summed E-state index contributed by atoms with van der Waals surface area (Å²) >= 11 is 1.74. The second-order valence-electron chi connectivity index (χ2n) is 6.10. The zero-order valence-electron chi connectivity index (χ0n) is 15.4. The van der Waals surface area contributed by atoms with Crippen LogP contribution in [-0.4, -0.2) is 69.4 Å². The molecule has 0 atom stereocenters. The molecule has 0 bridgehead atoms. The number of aromatic carboxylic acids is 1. The zero-order valence-corrected chi connectivity index (χ0v) is 16.2. The van der Waals surface area contributed by atoms with Crippen LogP contribution in [0, 0.1) is 6.92 Å². The number of carboxylic acids is 2. The highest BCUT2D eigenvalue weighted by atomic mass is 32.1. The summed E-state index contributed by atoms with van der Waals surface area (Å²) in [7, 11) is 0. The first-order valence-electron chi connectivity index (χ1n) is 8.45. The molecular weight excluding hydrogens is 413 g/mol. The molecule has 2 N–H and O–H groups in total. The molecule has 1 aliphatic heterocycles. The van der Waals surface area contributed by atoms with E-state index in [9.17, 15) is 18.0 Å². The Morgan fingerprint density at radius 2 is 1.79 bits per heavy atom. The Bertz CT molecular complexity index is 851. The van der Waals surface area contributed by atoms with Gasteiger partial charge in [0.1, 0.15) is 5.82 Å². The highest BCUT2D eigenvalue weighted by Crippen LogP contribution is 2.18. The lowest BCUT2D eigenvalue weighted by Gasteiger charge is -2.35. The van der Waals surface area contributed by atoms with E-state index in [1.807, 2.05) is 19.2 Å². The van der Waals surface area contributed by atoms with Crippen molar-refractivity contribution in [2.45, 2.75) is 19.6 Å². The lowest BCUT2D eigenvalue weighted by Crippen LogP contribution is -2.46. The minimum Gasteiger partial charge on any atom is -0.477 e. The number of aliphatic carboxylic acids is 1. The third-order valence-corrected chi connectivity index (χ3v) is 4.84. The lowest BCUT2D eigenvalue weighted by molar-refractivity contribution is -0.192. The molecular formula is C17H19F3N4O4S. The number of pyridine rings is 1. The number of thiazole rings is 1. The second kappa shape index (κ2) is 9.65. The summed E-state index contributed by atoms with van der Waals surface area (Å²) in [6.45, 7) is 6.54. The summed E-state index contributed by atoms with van der Waals surface area (Å²) in [5.41, 5.74) is 0.0973. The maximum Gasteiger partial charge on any atom is 0.490 e. The summed E-state index contributed by atoms with van der Waals surface area (Å²) < 4.78 is 31.7. The van der Waals surface area contributed by atoms with Crippen LogP contribution in [0.3, 0.4) is 0 Å². The van der Waals surface area contributed by atoms with Crippen molar-refractivity contribution in [2.75, 3.05) is 31.1 Å². The first kappa shape index (κ1) is 22.6. The van der Waals surface area contributed by atoms with Gasteiger partial charge in [0.2, 0.25) is 0 Å². The van der Waals surface area contributed by atoms with Crippen molar-refractivity contribution in [1.29, 1.82) is 0 Å². The quantitative estimate of drug-likeness (QED) is 0.759. The molecule has 12 heteroatoms. The molecule has 0 saturated carbocycles. The van der Waals surface area contributed by atoms with E-state index in [0.29, 0.717) is 0 Å². The van der Waals surface area contributed by atoms with E-state index in [0.717, 1.165) is 43.5 Å². The molecule has 8 nitrogen and oxygen atoms in total. The summed E-state index contributed by atoms with van der Waals surface area (Å²) in [5.74, 6) is -3.00. The van der Waals surface area contributed by atoms with Gasteiger partial charge in [0, 0.05) is 43.8 Å². The molecule has 0 spiro atoms. The number of hydrogen-bond donors (Lipinski definition) is 2. The average Bonchev–Trinajstić information content (AvgIpc) is 3.07. The van der Waals surface area contributed by atoms with Crippen molar-refractivity contribution < 1.29 is 33.0 Å². The van der Waals surface area contributed by atoms with Gasteiger partial charge >= 0.3 is 18.1 Å². The van der Waals surface area contributed by atoms with Gasteiger partial charge in [-0.05, 0) is 19.1 Å². The first-order valence-corrected chi connectivity index (χ1v) is 9.27.